The largest absolute Gasteiger partial charge is 0.346 e. The van der Waals surface area contributed by atoms with Gasteiger partial charge >= 0.3 is 0 Å². The first-order chi connectivity index (χ1) is 10.6. The van der Waals surface area contributed by atoms with Gasteiger partial charge < -0.3 is 9.38 Å². The maximum absolute atomic E-state index is 13.0. The maximum atomic E-state index is 13.0. The first-order valence-corrected chi connectivity index (χ1v) is 7.78. The molecular weight excluding hydrogens is 274 g/mol. The van der Waals surface area contributed by atoms with E-state index in [1.54, 1.807) is 0 Å². The summed E-state index contributed by atoms with van der Waals surface area (Å²) in [6.07, 6.45) is 6.49. The molecule has 0 aliphatic heterocycles. The molecule has 0 saturated carbocycles. The summed E-state index contributed by atoms with van der Waals surface area (Å²) < 4.78 is 2.07. The molecule has 0 bridgehead atoms. The van der Waals surface area contributed by atoms with Gasteiger partial charge in [-0.15, -0.1) is 0 Å². The average molecular weight is 293 g/mol. The summed E-state index contributed by atoms with van der Waals surface area (Å²) in [5.41, 5.74) is 5.57. The van der Waals surface area contributed by atoms with Gasteiger partial charge in [-0.05, 0) is 56.4 Å². The van der Waals surface area contributed by atoms with Crippen molar-refractivity contribution in [1.82, 2.24) is 14.4 Å². The van der Waals surface area contributed by atoms with E-state index in [2.05, 4.69) is 27.4 Å². The Morgan fingerprint density at radius 3 is 3.00 bits per heavy atom. The van der Waals surface area contributed by atoms with Crippen LogP contribution in [0.5, 0.6) is 0 Å². The van der Waals surface area contributed by atoms with Crippen molar-refractivity contribution in [2.24, 2.45) is 5.92 Å². The number of imidazole rings is 1. The minimum Gasteiger partial charge on any atom is -0.346 e. The number of pyridine rings is 1. The fourth-order valence-corrected chi connectivity index (χ4v) is 3.67. The zero-order chi connectivity index (χ0) is 15.3. The van der Waals surface area contributed by atoms with Crippen molar-refractivity contribution < 1.29 is 4.79 Å². The molecule has 1 atom stereocenters. The van der Waals surface area contributed by atoms with E-state index in [1.165, 1.54) is 11.1 Å². The molecule has 1 aliphatic carbocycles. The van der Waals surface area contributed by atoms with Crippen LogP contribution in [0.15, 0.2) is 30.6 Å². The Morgan fingerprint density at radius 1 is 1.36 bits per heavy atom. The monoisotopic (exact) mass is 293 g/mol. The topological polar surface area (TPSA) is 50.2 Å². The summed E-state index contributed by atoms with van der Waals surface area (Å²) >= 11 is 0. The number of carbonyl (C=O) groups excluding carboxylic acids is 1. The molecule has 0 amide bonds. The number of nitrogens with zero attached hydrogens (tertiary/aromatic N) is 2. The Morgan fingerprint density at radius 2 is 2.23 bits per heavy atom. The van der Waals surface area contributed by atoms with Gasteiger partial charge in [0.2, 0.25) is 0 Å². The van der Waals surface area contributed by atoms with Crippen LogP contribution in [0.1, 0.15) is 39.6 Å². The van der Waals surface area contributed by atoms with Crippen molar-refractivity contribution >= 4 is 11.3 Å². The number of Topliss-reactive ketones (excluding diaryl/α,β-unsaturated/α-hetero) is 1. The molecule has 4 nitrogen and oxygen atoms in total. The lowest BCUT2D eigenvalue weighted by atomic mass is 9.83. The van der Waals surface area contributed by atoms with Gasteiger partial charge in [0.15, 0.2) is 5.78 Å². The predicted molar refractivity (Wildman–Crippen MR) is 85.3 cm³/mol. The Hall–Kier alpha value is -2.36. The zero-order valence-corrected chi connectivity index (χ0v) is 12.9. The fraction of sp³-hybridized carbons (Fsp3) is 0.333. The fourth-order valence-electron chi connectivity index (χ4n) is 3.67. The van der Waals surface area contributed by atoms with Gasteiger partial charge in [-0.3, -0.25) is 4.79 Å². The minimum absolute atomic E-state index is 0.0463. The van der Waals surface area contributed by atoms with Gasteiger partial charge in [-0.2, -0.15) is 0 Å². The molecule has 4 heteroatoms. The van der Waals surface area contributed by atoms with Crippen LogP contribution >= 0.6 is 0 Å². The second-order valence-electron chi connectivity index (χ2n) is 6.21. The number of hydrogen-bond acceptors (Lipinski definition) is 2. The molecule has 3 heterocycles. The summed E-state index contributed by atoms with van der Waals surface area (Å²) in [4.78, 5) is 20.5. The summed E-state index contributed by atoms with van der Waals surface area (Å²) in [7, 11) is 0. The Bertz CT molecular complexity index is 872. The maximum Gasteiger partial charge on any atom is 0.183 e. The number of fused-ring (bicyclic) bond motifs is 3. The lowest BCUT2D eigenvalue weighted by molar-refractivity contribution is 0.0894. The van der Waals surface area contributed by atoms with Gasteiger partial charge in [0, 0.05) is 29.5 Å². The Kier molecular flexibility index (Phi) is 2.93. The van der Waals surface area contributed by atoms with Crippen molar-refractivity contribution in [1.29, 1.82) is 0 Å². The summed E-state index contributed by atoms with van der Waals surface area (Å²) in [5.74, 6) is 1.22. The van der Waals surface area contributed by atoms with E-state index < -0.39 is 0 Å². The highest BCUT2D eigenvalue weighted by Gasteiger charge is 2.32. The average Bonchev–Trinajstić information content (AvgIpc) is 3.05. The zero-order valence-electron chi connectivity index (χ0n) is 12.9. The van der Waals surface area contributed by atoms with Crippen LogP contribution in [0.3, 0.4) is 0 Å². The predicted octanol–water partition coefficient (Wildman–Crippen LogP) is 3.27. The number of aromatic nitrogens is 3. The van der Waals surface area contributed by atoms with E-state index in [0.29, 0.717) is 0 Å². The third-order valence-electron chi connectivity index (χ3n) is 4.79. The van der Waals surface area contributed by atoms with Gasteiger partial charge in [0.05, 0.1) is 5.69 Å². The van der Waals surface area contributed by atoms with E-state index in [0.717, 1.165) is 42.0 Å². The van der Waals surface area contributed by atoms with Gasteiger partial charge in [-0.1, -0.05) is 6.07 Å². The van der Waals surface area contributed by atoms with Crippen LogP contribution < -0.4 is 0 Å². The molecule has 1 unspecified atom stereocenters. The highest BCUT2D eigenvalue weighted by atomic mass is 16.1. The first-order valence-electron chi connectivity index (χ1n) is 7.78. The van der Waals surface area contributed by atoms with Crippen molar-refractivity contribution in [3.8, 4) is 0 Å². The molecule has 112 valence electrons. The first kappa shape index (κ1) is 13.3. The third kappa shape index (κ3) is 1.90. The highest BCUT2D eigenvalue weighted by Crippen LogP contribution is 2.33. The number of H-pyrrole nitrogens is 1. The van der Waals surface area contributed by atoms with Crippen LogP contribution in [-0.4, -0.2) is 20.2 Å². The number of rotatable bonds is 2. The van der Waals surface area contributed by atoms with Crippen molar-refractivity contribution in [3.63, 3.8) is 0 Å². The van der Waals surface area contributed by atoms with Gasteiger partial charge in [0.25, 0.3) is 0 Å². The van der Waals surface area contributed by atoms with Crippen LogP contribution in [0.25, 0.3) is 5.52 Å². The lowest BCUT2D eigenvalue weighted by Gasteiger charge is -2.21. The molecule has 0 saturated heterocycles. The summed E-state index contributed by atoms with van der Waals surface area (Å²) in [5, 5.41) is 0. The second-order valence-corrected chi connectivity index (χ2v) is 6.21. The molecule has 0 radical (unpaired) electrons. The van der Waals surface area contributed by atoms with E-state index >= 15 is 0 Å². The third-order valence-corrected chi connectivity index (χ3v) is 4.79. The molecule has 3 aromatic rings. The van der Waals surface area contributed by atoms with Crippen LogP contribution in [0, 0.1) is 19.8 Å². The Balaban J connectivity index is 1.75. The van der Waals surface area contributed by atoms with E-state index in [9.17, 15) is 4.79 Å². The number of hydrogen-bond donors (Lipinski definition) is 1. The molecule has 0 fully saturated rings. The van der Waals surface area contributed by atoms with Crippen molar-refractivity contribution in [2.75, 3.05) is 0 Å². The highest BCUT2D eigenvalue weighted by molar-refractivity contribution is 6.01. The summed E-state index contributed by atoms with van der Waals surface area (Å²) in [6, 6.07) is 6.11. The molecule has 0 aromatic carbocycles. The number of ketones is 1. The van der Waals surface area contributed by atoms with Crippen LogP contribution in [0.2, 0.25) is 0 Å². The SMILES string of the molecule is Cc1ncc(CC2CCc3c(C)c4ccccn4c3C2=O)[nH]1. The van der Waals surface area contributed by atoms with Crippen molar-refractivity contribution in [3.05, 3.63) is 58.9 Å². The minimum atomic E-state index is 0.0463. The quantitative estimate of drug-likeness (QED) is 0.788. The van der Waals surface area contributed by atoms with E-state index in [4.69, 9.17) is 0 Å². The molecule has 3 aromatic heterocycles. The normalized spacial score (nSPS) is 17.9. The van der Waals surface area contributed by atoms with Gasteiger partial charge in [0.1, 0.15) is 5.82 Å². The summed E-state index contributed by atoms with van der Waals surface area (Å²) in [6.45, 7) is 4.06. The lowest BCUT2D eigenvalue weighted by Crippen LogP contribution is -2.25. The Labute approximate surface area is 129 Å². The van der Waals surface area contributed by atoms with Crippen LogP contribution in [-0.2, 0) is 12.8 Å². The molecule has 4 rings (SSSR count). The smallest absolute Gasteiger partial charge is 0.183 e. The van der Waals surface area contributed by atoms with Crippen molar-refractivity contribution in [2.45, 2.75) is 33.1 Å². The van der Waals surface area contributed by atoms with E-state index in [-0.39, 0.29) is 11.7 Å². The molecule has 22 heavy (non-hydrogen) atoms. The number of carbonyl (C=O) groups is 1. The van der Waals surface area contributed by atoms with E-state index in [1.807, 2.05) is 31.5 Å². The number of aromatic amines is 1. The molecular formula is C18H19N3O. The standard InChI is InChI=1S/C18H19N3O/c1-11-15-7-6-13(9-14-10-19-12(2)20-14)18(22)17(15)21-8-4-3-5-16(11)21/h3-5,8,10,13H,6-7,9H2,1-2H3,(H,19,20). The number of aryl methyl sites for hydroxylation is 2. The van der Waals surface area contributed by atoms with Gasteiger partial charge in [-0.25, -0.2) is 4.98 Å². The van der Waals surface area contributed by atoms with Crippen LogP contribution in [0.4, 0.5) is 0 Å². The molecule has 0 spiro atoms. The number of nitrogens with one attached hydrogen (secondary N) is 1. The molecule has 1 aliphatic rings. The second kappa shape index (κ2) is 4.83. The molecule has 1 N–H and O–H groups in total.